The number of hydrogen-bond acceptors (Lipinski definition) is 1. The minimum atomic E-state index is 0. The molecular formula is CH7CsINPb. The topological polar surface area (TPSA) is 26.0 Å². The summed E-state index contributed by atoms with van der Waals surface area (Å²) in [4.78, 5) is 0. The fourth-order valence-electron chi connectivity index (χ4n) is 0. The second kappa shape index (κ2) is 25.4. The molecule has 0 aliphatic rings. The van der Waals surface area contributed by atoms with Crippen LogP contribution in [0.1, 0.15) is 0 Å². The Hall–Kier alpha value is 3.66. The Balaban J connectivity index is -0.00000000167. The van der Waals surface area contributed by atoms with Crippen LogP contribution in [-0.4, -0.2) is 34.3 Å². The molecule has 1 nitrogen and oxygen atoms in total. The Bertz CT molecular complexity index is 11.6. The van der Waals surface area contributed by atoms with E-state index < -0.39 is 0 Å². The van der Waals surface area contributed by atoms with Gasteiger partial charge in [-0.25, -0.2) is 0 Å². The van der Waals surface area contributed by atoms with Crippen LogP contribution in [0.5, 0.6) is 0 Å². The Morgan fingerprint density at radius 2 is 1.20 bits per heavy atom. The van der Waals surface area contributed by atoms with E-state index in [4.69, 9.17) is 0 Å². The summed E-state index contributed by atoms with van der Waals surface area (Å²) in [6.45, 7) is 0. The summed E-state index contributed by atoms with van der Waals surface area (Å²) in [5, 5.41) is 0. The molecule has 2 radical (unpaired) electrons. The summed E-state index contributed by atoms with van der Waals surface area (Å²) in [5.41, 5.74) is 4.50. The van der Waals surface area contributed by atoms with Crippen molar-refractivity contribution in [3.8, 4) is 0 Å². The third kappa shape index (κ3) is 18.3. The van der Waals surface area contributed by atoms with Crippen LogP contribution in [-0.2, 0) is 0 Å². The Morgan fingerprint density at radius 1 is 1.20 bits per heavy atom. The Morgan fingerprint density at radius 3 is 1.20 bits per heavy atom. The molecule has 0 saturated heterocycles. The van der Waals surface area contributed by atoms with Crippen molar-refractivity contribution in [2.45, 2.75) is 0 Å². The molecule has 0 spiro atoms. The standard InChI is InChI=1S/CH5N.Cs.HI.Pb.2H/c1-2;;;;;/h2H2,1H3;;1H;;;/q;+1;;;;/p-1. The molecule has 28 valence electrons. The van der Waals surface area contributed by atoms with E-state index in [-0.39, 0.29) is 120 Å². The van der Waals surface area contributed by atoms with Crippen LogP contribution in [0, 0.1) is 0 Å². The van der Waals surface area contributed by atoms with Gasteiger partial charge in [0.2, 0.25) is 0 Å². The van der Waals surface area contributed by atoms with Crippen molar-refractivity contribution in [1.29, 1.82) is 0 Å². The number of rotatable bonds is 0. The molecule has 0 aromatic rings. The summed E-state index contributed by atoms with van der Waals surface area (Å²) in [5.74, 6) is 0. The van der Waals surface area contributed by atoms with Gasteiger partial charge in [0.25, 0.3) is 0 Å². The van der Waals surface area contributed by atoms with Crippen LogP contribution >= 0.6 is 0 Å². The van der Waals surface area contributed by atoms with Gasteiger partial charge in [-0.1, -0.05) is 0 Å². The molecule has 0 aliphatic carbocycles. The zero-order chi connectivity index (χ0) is 2.00. The second-order valence-corrected chi connectivity index (χ2v) is 0. The van der Waals surface area contributed by atoms with E-state index in [1.807, 2.05) is 0 Å². The van der Waals surface area contributed by atoms with Gasteiger partial charge in [-0.2, -0.15) is 0 Å². The minimum absolute atomic E-state index is 0. The molecule has 0 atom stereocenters. The van der Waals surface area contributed by atoms with Gasteiger partial charge in [0.15, 0.2) is 0 Å². The van der Waals surface area contributed by atoms with Crippen LogP contribution in [0.4, 0.5) is 0 Å². The van der Waals surface area contributed by atoms with Crippen molar-refractivity contribution in [3.05, 3.63) is 0 Å². The van der Waals surface area contributed by atoms with Crippen molar-refractivity contribution < 1.29 is 92.9 Å². The van der Waals surface area contributed by atoms with Gasteiger partial charge in [0.1, 0.15) is 0 Å². The van der Waals surface area contributed by atoms with Gasteiger partial charge in [-0.05, 0) is 7.05 Å². The molecule has 0 aromatic heterocycles. The maximum atomic E-state index is 4.50. The van der Waals surface area contributed by atoms with Crippen molar-refractivity contribution in [3.63, 3.8) is 0 Å². The first-order chi connectivity index (χ1) is 1.00. The Kier molecular flexibility index (Phi) is 119. The van der Waals surface area contributed by atoms with E-state index in [2.05, 4.69) is 5.73 Å². The van der Waals surface area contributed by atoms with Crippen LogP contribution < -0.4 is 98.6 Å². The van der Waals surface area contributed by atoms with Crippen LogP contribution in [0.15, 0.2) is 0 Å². The monoisotopic (exact) mass is 501 g/mol. The summed E-state index contributed by atoms with van der Waals surface area (Å²) in [7, 11) is 1.50. The van der Waals surface area contributed by atoms with Crippen LogP contribution in [0.2, 0.25) is 0 Å². The normalized spacial score (nSPS) is 1.20. The molecule has 0 fully saturated rings. The van der Waals surface area contributed by atoms with E-state index in [0.29, 0.717) is 0 Å². The molecule has 0 rings (SSSR count). The molecule has 4 heteroatoms. The summed E-state index contributed by atoms with van der Waals surface area (Å²) < 4.78 is 0. The van der Waals surface area contributed by atoms with E-state index in [1.165, 1.54) is 7.05 Å². The van der Waals surface area contributed by atoms with Gasteiger partial charge < -0.3 is 29.7 Å². The molecule has 0 aromatic carbocycles. The average molecular weight is 500 g/mol. The molecule has 2 N–H and O–H groups in total. The van der Waals surface area contributed by atoms with Gasteiger partial charge in [-0.15, -0.1) is 0 Å². The number of hydrogen-bond donors (Lipinski definition) is 1. The predicted octanol–water partition coefficient (Wildman–Crippen LogP) is -7.33. The zero-order valence-corrected chi connectivity index (χ0v) is 17.6. The summed E-state index contributed by atoms with van der Waals surface area (Å²) in [6, 6.07) is 0. The zero-order valence-electron chi connectivity index (χ0n) is 3.66. The van der Waals surface area contributed by atoms with Crippen LogP contribution in [0.25, 0.3) is 0 Å². The Labute approximate surface area is 129 Å². The van der Waals surface area contributed by atoms with Crippen molar-refractivity contribution in [1.82, 2.24) is 0 Å². The first kappa shape index (κ1) is 23.4. The molecule has 0 bridgehead atoms. The quantitative estimate of drug-likeness (QED) is 0.260. The van der Waals surface area contributed by atoms with Gasteiger partial charge in [0.05, 0.1) is 0 Å². The molecule has 0 amide bonds. The summed E-state index contributed by atoms with van der Waals surface area (Å²) in [6.07, 6.45) is 0. The molecule has 5 heavy (non-hydrogen) atoms. The third-order valence-electron chi connectivity index (χ3n) is 0. The van der Waals surface area contributed by atoms with E-state index in [0.717, 1.165) is 0 Å². The van der Waals surface area contributed by atoms with Gasteiger partial charge in [-0.3, -0.25) is 0 Å². The molecule has 0 saturated carbocycles. The molecule has 0 unspecified atom stereocenters. The first-order valence-corrected chi connectivity index (χ1v) is 0.577. The second-order valence-electron chi connectivity index (χ2n) is 0. The van der Waals surface area contributed by atoms with Crippen molar-refractivity contribution in [2.24, 2.45) is 5.73 Å². The first-order valence-electron chi connectivity index (χ1n) is 0.577. The van der Waals surface area contributed by atoms with Crippen molar-refractivity contribution >= 4 is 27.3 Å². The molecular weight excluding hydrogens is 493 g/mol. The fraction of sp³-hybridized carbons (Fsp3) is 1.00. The van der Waals surface area contributed by atoms with Gasteiger partial charge >= 0.3 is 96.2 Å². The van der Waals surface area contributed by atoms with Crippen molar-refractivity contribution in [2.75, 3.05) is 7.05 Å². The fourth-order valence-corrected chi connectivity index (χ4v) is 0. The number of halogens is 1. The van der Waals surface area contributed by atoms with Crippen LogP contribution in [0.3, 0.4) is 0 Å². The molecule has 0 heterocycles. The maximum absolute atomic E-state index is 4.50. The van der Waals surface area contributed by atoms with E-state index >= 15 is 0 Å². The van der Waals surface area contributed by atoms with E-state index in [9.17, 15) is 0 Å². The molecule has 0 aliphatic heterocycles. The predicted molar refractivity (Wildman–Crippen MR) is 18.7 cm³/mol. The average Bonchev–Trinajstić information content (AvgIpc) is 1.00. The SMILES string of the molecule is CN.[Cs+].[I-].[PbH2]. The number of nitrogens with two attached hydrogens (primary N) is 1. The van der Waals surface area contributed by atoms with E-state index in [1.54, 1.807) is 0 Å². The third-order valence-corrected chi connectivity index (χ3v) is 0. The van der Waals surface area contributed by atoms with Gasteiger partial charge in [0, 0.05) is 0 Å². The summed E-state index contributed by atoms with van der Waals surface area (Å²) >= 11 is 0.